The van der Waals surface area contributed by atoms with Gasteiger partial charge < -0.3 is 14.9 Å². The van der Waals surface area contributed by atoms with Gasteiger partial charge in [-0.25, -0.2) is 0 Å². The highest BCUT2D eigenvalue weighted by molar-refractivity contribution is 6.26. The van der Waals surface area contributed by atoms with Crippen LogP contribution in [0.1, 0.15) is 46.4 Å². The maximum Gasteiger partial charge on any atom is 0.303 e. The third kappa shape index (κ3) is 3.77. The number of likely N-dealkylation sites (N-methyl/N-ethyl adjacent to an activating group) is 1. The second-order valence-electron chi connectivity index (χ2n) is 8.12. The van der Waals surface area contributed by atoms with Crippen molar-refractivity contribution in [3.63, 3.8) is 0 Å². The number of rotatable bonds is 7. The Balaban J connectivity index is 1.60. The van der Waals surface area contributed by atoms with Gasteiger partial charge in [0.25, 0.3) is 11.8 Å². The molecule has 2 amide bonds. The van der Waals surface area contributed by atoms with Gasteiger partial charge in [-0.1, -0.05) is 18.6 Å². The fourth-order valence-corrected chi connectivity index (χ4v) is 4.38. The average Bonchev–Trinajstić information content (AvgIpc) is 2.74. The molecule has 7 nitrogen and oxygen atoms in total. The molecule has 2 aliphatic heterocycles. The van der Waals surface area contributed by atoms with Gasteiger partial charge in [0.15, 0.2) is 0 Å². The molecule has 2 aromatic carbocycles. The number of aliphatic carboxylic acids is 1. The molecule has 0 unspecified atom stereocenters. The number of unbranched alkanes of at least 4 members (excludes halogenated alkanes) is 2. The Bertz CT molecular complexity index is 973. The number of hydrogen-bond acceptors (Lipinski definition) is 5. The molecule has 1 N–H and O–H groups in total. The Labute approximate surface area is 175 Å². The first-order valence-electron chi connectivity index (χ1n) is 10.5. The van der Waals surface area contributed by atoms with E-state index >= 15 is 0 Å². The van der Waals surface area contributed by atoms with Crippen LogP contribution in [0.2, 0.25) is 0 Å². The van der Waals surface area contributed by atoms with Gasteiger partial charge in [0.2, 0.25) is 0 Å². The van der Waals surface area contributed by atoms with Gasteiger partial charge in [0.1, 0.15) is 0 Å². The fraction of sp³-hybridized carbons (Fsp3) is 0.435. The van der Waals surface area contributed by atoms with Gasteiger partial charge in [0.05, 0.1) is 0 Å². The summed E-state index contributed by atoms with van der Waals surface area (Å²) in [5, 5.41) is 10.5. The summed E-state index contributed by atoms with van der Waals surface area (Å²) in [5.74, 6) is -1.34. The molecule has 0 spiro atoms. The first-order valence-corrected chi connectivity index (χ1v) is 10.5. The van der Waals surface area contributed by atoms with Crippen molar-refractivity contribution in [2.75, 3.05) is 44.7 Å². The molecule has 2 heterocycles. The quantitative estimate of drug-likeness (QED) is 0.559. The Hall–Kier alpha value is -2.93. The largest absolute Gasteiger partial charge is 0.481 e. The van der Waals surface area contributed by atoms with Crippen LogP contribution in [-0.2, 0) is 4.79 Å². The van der Waals surface area contributed by atoms with Crippen LogP contribution in [-0.4, -0.2) is 72.5 Å². The number of imide groups is 1. The number of nitrogens with zero attached hydrogens (tertiary/aromatic N) is 3. The SMILES string of the molecule is CN1CCN(c2ccc3c4c(cccc24)C(=O)N(CCCCCC(=O)O)C3=O)CC1. The molecule has 4 rings (SSSR count). The molecule has 158 valence electrons. The number of amides is 2. The number of carboxylic acid groups (broad SMARTS) is 1. The second-order valence-corrected chi connectivity index (χ2v) is 8.12. The number of hydrogen-bond donors (Lipinski definition) is 1. The zero-order valence-electron chi connectivity index (χ0n) is 17.3. The first-order chi connectivity index (χ1) is 14.5. The summed E-state index contributed by atoms with van der Waals surface area (Å²) in [6.07, 6.45) is 1.93. The zero-order chi connectivity index (χ0) is 21.3. The molecule has 0 aromatic heterocycles. The highest BCUT2D eigenvalue weighted by Gasteiger charge is 2.33. The van der Waals surface area contributed by atoms with Gasteiger partial charge in [0, 0.05) is 66.7 Å². The molecule has 0 bridgehead atoms. The molecule has 1 fully saturated rings. The second kappa shape index (κ2) is 8.44. The van der Waals surface area contributed by atoms with Crippen LogP contribution in [0.4, 0.5) is 5.69 Å². The van der Waals surface area contributed by atoms with Crippen molar-refractivity contribution >= 4 is 34.2 Å². The number of piperazine rings is 1. The van der Waals surface area contributed by atoms with Crippen molar-refractivity contribution in [1.29, 1.82) is 0 Å². The van der Waals surface area contributed by atoms with E-state index < -0.39 is 5.97 Å². The molecular formula is C23H27N3O4. The van der Waals surface area contributed by atoms with Crippen LogP contribution in [0.5, 0.6) is 0 Å². The highest BCUT2D eigenvalue weighted by Crippen LogP contribution is 2.36. The molecule has 7 heteroatoms. The van der Waals surface area contributed by atoms with Crippen molar-refractivity contribution < 1.29 is 19.5 Å². The predicted molar refractivity (Wildman–Crippen MR) is 115 cm³/mol. The van der Waals surface area contributed by atoms with Crippen LogP contribution in [0.3, 0.4) is 0 Å². The minimum atomic E-state index is -0.822. The lowest BCUT2D eigenvalue weighted by molar-refractivity contribution is -0.137. The van der Waals surface area contributed by atoms with Gasteiger partial charge in [-0.2, -0.15) is 0 Å². The number of carbonyl (C=O) groups excluding carboxylic acids is 2. The standard InChI is InChI=1S/C23H27N3O4/c1-24-12-14-25(15-13-24)19-10-9-18-21-16(19)6-5-7-17(21)22(29)26(23(18)30)11-4-2-3-8-20(27)28/h5-7,9-10H,2-4,8,11-15H2,1H3,(H,27,28). The smallest absolute Gasteiger partial charge is 0.303 e. The van der Waals surface area contributed by atoms with Crippen molar-refractivity contribution in [2.24, 2.45) is 0 Å². The van der Waals surface area contributed by atoms with Crippen molar-refractivity contribution in [1.82, 2.24) is 9.80 Å². The lowest BCUT2D eigenvalue weighted by Gasteiger charge is -2.35. The first kappa shape index (κ1) is 20.3. The zero-order valence-corrected chi connectivity index (χ0v) is 17.3. The summed E-state index contributed by atoms with van der Waals surface area (Å²) < 4.78 is 0. The van der Waals surface area contributed by atoms with E-state index in [0.29, 0.717) is 36.9 Å². The number of carboxylic acids is 1. The van der Waals surface area contributed by atoms with E-state index in [1.807, 2.05) is 24.3 Å². The summed E-state index contributed by atoms with van der Waals surface area (Å²) >= 11 is 0. The molecule has 0 atom stereocenters. The van der Waals surface area contributed by atoms with E-state index in [1.165, 1.54) is 4.90 Å². The number of anilines is 1. The highest BCUT2D eigenvalue weighted by atomic mass is 16.4. The van der Waals surface area contributed by atoms with Crippen LogP contribution in [0.15, 0.2) is 30.3 Å². The van der Waals surface area contributed by atoms with Gasteiger partial charge in [-0.3, -0.25) is 19.3 Å². The summed E-state index contributed by atoms with van der Waals surface area (Å²) in [5.41, 5.74) is 2.22. The van der Waals surface area contributed by atoms with E-state index in [1.54, 1.807) is 6.07 Å². The Morgan fingerprint density at radius 3 is 2.33 bits per heavy atom. The van der Waals surface area contributed by atoms with Crippen molar-refractivity contribution in [3.05, 3.63) is 41.5 Å². The predicted octanol–water partition coefficient (Wildman–Crippen LogP) is 2.83. The molecule has 0 radical (unpaired) electrons. The summed E-state index contributed by atoms with van der Waals surface area (Å²) in [7, 11) is 2.11. The van der Waals surface area contributed by atoms with E-state index in [-0.39, 0.29) is 18.2 Å². The molecule has 2 aromatic rings. The van der Waals surface area contributed by atoms with Crippen molar-refractivity contribution in [3.8, 4) is 0 Å². The Morgan fingerprint density at radius 2 is 1.63 bits per heavy atom. The fourth-order valence-electron chi connectivity index (χ4n) is 4.38. The summed E-state index contributed by atoms with van der Waals surface area (Å²) in [6.45, 7) is 4.11. The third-order valence-electron chi connectivity index (χ3n) is 6.09. The lowest BCUT2D eigenvalue weighted by atomic mass is 9.92. The minimum Gasteiger partial charge on any atom is -0.481 e. The normalized spacial score (nSPS) is 17.1. The van der Waals surface area contributed by atoms with E-state index in [2.05, 4.69) is 16.8 Å². The van der Waals surface area contributed by atoms with E-state index in [0.717, 1.165) is 42.6 Å². The minimum absolute atomic E-state index is 0.110. The topological polar surface area (TPSA) is 81.2 Å². The monoisotopic (exact) mass is 409 g/mol. The van der Waals surface area contributed by atoms with Gasteiger partial charge >= 0.3 is 5.97 Å². The lowest BCUT2D eigenvalue weighted by Crippen LogP contribution is -2.45. The van der Waals surface area contributed by atoms with E-state index in [4.69, 9.17) is 5.11 Å². The van der Waals surface area contributed by atoms with Gasteiger partial charge in [-0.15, -0.1) is 0 Å². The van der Waals surface area contributed by atoms with Crippen molar-refractivity contribution in [2.45, 2.75) is 25.7 Å². The molecule has 30 heavy (non-hydrogen) atoms. The van der Waals surface area contributed by atoms with Crippen LogP contribution < -0.4 is 4.90 Å². The molecule has 0 saturated carbocycles. The summed E-state index contributed by atoms with van der Waals surface area (Å²) in [6, 6.07) is 9.54. The van der Waals surface area contributed by atoms with Gasteiger partial charge in [-0.05, 0) is 38.1 Å². The maximum absolute atomic E-state index is 13.1. The number of carbonyl (C=O) groups is 3. The maximum atomic E-state index is 13.1. The molecule has 1 saturated heterocycles. The molecular weight excluding hydrogens is 382 g/mol. The average molecular weight is 409 g/mol. The Morgan fingerprint density at radius 1 is 0.933 bits per heavy atom. The number of benzene rings is 2. The molecule has 0 aliphatic carbocycles. The van der Waals surface area contributed by atoms with Crippen LogP contribution in [0, 0.1) is 0 Å². The van der Waals surface area contributed by atoms with Crippen LogP contribution in [0.25, 0.3) is 10.8 Å². The Kier molecular flexibility index (Phi) is 5.72. The van der Waals surface area contributed by atoms with E-state index in [9.17, 15) is 14.4 Å². The summed E-state index contributed by atoms with van der Waals surface area (Å²) in [4.78, 5) is 42.8. The third-order valence-corrected chi connectivity index (χ3v) is 6.09. The molecule has 2 aliphatic rings. The van der Waals surface area contributed by atoms with Crippen LogP contribution >= 0.6 is 0 Å².